The third-order valence-corrected chi connectivity index (χ3v) is 4.85. The van der Waals surface area contributed by atoms with E-state index >= 15 is 0 Å². The number of Topliss-reactive ketones (excluding diaryl/α,β-unsaturated/α-hetero) is 1. The lowest BCUT2D eigenvalue weighted by atomic mass is 10.0. The maximum atomic E-state index is 12.7. The fourth-order valence-corrected chi connectivity index (χ4v) is 3.38. The Balaban J connectivity index is 1.39. The molecule has 2 aromatic carbocycles. The lowest BCUT2D eigenvalue weighted by Crippen LogP contribution is -2.05. The van der Waals surface area contributed by atoms with Gasteiger partial charge in [0.1, 0.15) is 0 Å². The molecule has 0 atom stereocenters. The molecule has 140 valence electrons. The van der Waals surface area contributed by atoms with Crippen LogP contribution in [0, 0.1) is 0 Å². The molecule has 0 saturated carbocycles. The Morgan fingerprint density at radius 1 is 0.828 bits per heavy atom. The van der Waals surface area contributed by atoms with Crippen LogP contribution in [0.15, 0.2) is 95.8 Å². The first-order chi connectivity index (χ1) is 14.3. The van der Waals surface area contributed by atoms with Crippen molar-refractivity contribution in [1.29, 1.82) is 0 Å². The second-order valence-corrected chi connectivity index (χ2v) is 6.76. The van der Waals surface area contributed by atoms with E-state index in [1.54, 1.807) is 17.0 Å². The molecular weight excluding hydrogens is 362 g/mol. The lowest BCUT2D eigenvalue weighted by molar-refractivity contribution is 0.0991. The van der Waals surface area contributed by atoms with Crippen molar-refractivity contribution in [2.45, 2.75) is 6.42 Å². The molecule has 5 heteroatoms. The minimum atomic E-state index is -0.00891. The van der Waals surface area contributed by atoms with Gasteiger partial charge in [-0.05, 0) is 29.3 Å². The third-order valence-electron chi connectivity index (χ3n) is 4.85. The number of carbonyl (C=O) groups excluding carboxylic acids is 1. The van der Waals surface area contributed by atoms with Crippen molar-refractivity contribution >= 4 is 11.4 Å². The van der Waals surface area contributed by atoms with Gasteiger partial charge in [0.25, 0.3) is 0 Å². The van der Waals surface area contributed by atoms with Gasteiger partial charge < -0.3 is 4.42 Å². The summed E-state index contributed by atoms with van der Waals surface area (Å²) in [7, 11) is 0. The Morgan fingerprint density at radius 3 is 2.38 bits per heavy atom. The molecule has 0 N–H and O–H groups in total. The number of fused-ring (bicyclic) bond motifs is 1. The molecule has 0 saturated heterocycles. The standard InChI is InChI=1S/C24H17N3O2/c28-22(19-11-9-18(10-12-19)17-5-2-1-3-6-17)15-23-25-24-8-4-7-21(27(24)26-23)20-13-14-29-16-20/h1-14,16H,15H2. The fraction of sp³-hybridized carbons (Fsp3) is 0.0417. The summed E-state index contributed by atoms with van der Waals surface area (Å²) in [5.74, 6) is 0.489. The van der Waals surface area contributed by atoms with Gasteiger partial charge in [0.15, 0.2) is 17.3 Å². The molecule has 0 bridgehead atoms. The maximum absolute atomic E-state index is 12.7. The van der Waals surface area contributed by atoms with E-state index in [1.807, 2.05) is 66.7 Å². The van der Waals surface area contributed by atoms with Crippen LogP contribution in [0.2, 0.25) is 0 Å². The zero-order chi connectivity index (χ0) is 19.6. The van der Waals surface area contributed by atoms with Gasteiger partial charge in [-0.1, -0.05) is 60.7 Å². The molecule has 5 rings (SSSR count). The van der Waals surface area contributed by atoms with Crippen LogP contribution in [-0.4, -0.2) is 20.4 Å². The van der Waals surface area contributed by atoms with Crippen molar-refractivity contribution in [2.75, 3.05) is 0 Å². The van der Waals surface area contributed by atoms with E-state index in [2.05, 4.69) is 22.2 Å². The Hall–Kier alpha value is -3.99. The summed E-state index contributed by atoms with van der Waals surface area (Å²) in [6.07, 6.45) is 3.43. The Morgan fingerprint density at radius 2 is 1.62 bits per heavy atom. The molecule has 3 aromatic heterocycles. The summed E-state index contributed by atoms with van der Waals surface area (Å²) >= 11 is 0. The second kappa shape index (κ2) is 7.20. The Labute approximate surface area is 167 Å². The van der Waals surface area contributed by atoms with Gasteiger partial charge in [-0.15, -0.1) is 0 Å². The molecule has 0 aliphatic heterocycles. The van der Waals surface area contributed by atoms with E-state index in [0.29, 0.717) is 17.0 Å². The fourth-order valence-electron chi connectivity index (χ4n) is 3.38. The van der Waals surface area contributed by atoms with E-state index in [-0.39, 0.29) is 12.2 Å². The minimum Gasteiger partial charge on any atom is -0.472 e. The van der Waals surface area contributed by atoms with Crippen molar-refractivity contribution in [1.82, 2.24) is 14.6 Å². The monoisotopic (exact) mass is 379 g/mol. The molecule has 0 aliphatic carbocycles. The smallest absolute Gasteiger partial charge is 0.170 e. The van der Waals surface area contributed by atoms with E-state index < -0.39 is 0 Å². The number of benzene rings is 2. The number of furan rings is 1. The van der Waals surface area contributed by atoms with Gasteiger partial charge in [0.2, 0.25) is 0 Å². The van der Waals surface area contributed by atoms with Crippen LogP contribution in [0.1, 0.15) is 16.2 Å². The number of rotatable bonds is 5. The molecule has 3 heterocycles. The van der Waals surface area contributed by atoms with E-state index in [9.17, 15) is 4.79 Å². The Bertz CT molecular complexity index is 1270. The van der Waals surface area contributed by atoms with Crippen LogP contribution in [0.3, 0.4) is 0 Å². The predicted octanol–water partition coefficient (Wildman–Crippen LogP) is 5.08. The predicted molar refractivity (Wildman–Crippen MR) is 111 cm³/mol. The molecule has 5 aromatic rings. The van der Waals surface area contributed by atoms with E-state index in [4.69, 9.17) is 4.42 Å². The summed E-state index contributed by atoms with van der Waals surface area (Å²) in [6.45, 7) is 0. The summed E-state index contributed by atoms with van der Waals surface area (Å²) in [5, 5.41) is 4.54. The van der Waals surface area contributed by atoms with Crippen molar-refractivity contribution in [3.63, 3.8) is 0 Å². The number of pyridine rings is 1. The van der Waals surface area contributed by atoms with E-state index in [0.717, 1.165) is 22.4 Å². The zero-order valence-electron chi connectivity index (χ0n) is 15.5. The highest BCUT2D eigenvalue weighted by molar-refractivity contribution is 5.97. The number of carbonyl (C=O) groups is 1. The van der Waals surface area contributed by atoms with Gasteiger partial charge in [0, 0.05) is 11.1 Å². The van der Waals surface area contributed by atoms with Crippen LogP contribution in [0.5, 0.6) is 0 Å². The second-order valence-electron chi connectivity index (χ2n) is 6.76. The Kier molecular flexibility index (Phi) is 4.26. The van der Waals surface area contributed by atoms with Crippen LogP contribution < -0.4 is 0 Å². The van der Waals surface area contributed by atoms with Crippen molar-refractivity contribution in [3.8, 4) is 22.4 Å². The quantitative estimate of drug-likeness (QED) is 0.400. The molecule has 0 aliphatic rings. The topological polar surface area (TPSA) is 60.4 Å². The lowest BCUT2D eigenvalue weighted by Gasteiger charge is -2.03. The normalized spacial score (nSPS) is 11.0. The average molecular weight is 379 g/mol. The highest BCUT2D eigenvalue weighted by Crippen LogP contribution is 2.22. The van der Waals surface area contributed by atoms with Crippen molar-refractivity contribution < 1.29 is 9.21 Å². The van der Waals surface area contributed by atoms with Gasteiger partial charge in [0.05, 0.1) is 24.6 Å². The van der Waals surface area contributed by atoms with Crippen molar-refractivity contribution in [2.24, 2.45) is 0 Å². The summed E-state index contributed by atoms with van der Waals surface area (Å²) in [5.41, 5.74) is 5.34. The van der Waals surface area contributed by atoms with Crippen molar-refractivity contribution in [3.05, 3.63) is 103 Å². The molecule has 0 fully saturated rings. The molecule has 29 heavy (non-hydrogen) atoms. The molecular formula is C24H17N3O2. The van der Waals surface area contributed by atoms with Crippen LogP contribution >= 0.6 is 0 Å². The number of nitrogens with zero attached hydrogens (tertiary/aromatic N) is 3. The average Bonchev–Trinajstić information content (AvgIpc) is 3.44. The third kappa shape index (κ3) is 3.34. The first-order valence-corrected chi connectivity index (χ1v) is 9.34. The first kappa shape index (κ1) is 17.1. The maximum Gasteiger partial charge on any atom is 0.170 e. The SMILES string of the molecule is O=C(Cc1nc2cccc(-c3ccoc3)n2n1)c1ccc(-c2ccccc2)cc1. The van der Waals surface area contributed by atoms with Gasteiger partial charge in [-0.25, -0.2) is 9.50 Å². The summed E-state index contributed by atoms with van der Waals surface area (Å²) in [6, 6.07) is 25.4. The molecule has 0 unspecified atom stereocenters. The van der Waals surface area contributed by atoms with Gasteiger partial charge in [-0.2, -0.15) is 5.10 Å². The number of hydrogen-bond donors (Lipinski definition) is 0. The molecule has 0 radical (unpaired) electrons. The highest BCUT2D eigenvalue weighted by Gasteiger charge is 2.14. The van der Waals surface area contributed by atoms with Gasteiger partial charge >= 0.3 is 0 Å². The minimum absolute atomic E-state index is 0.00891. The molecule has 5 nitrogen and oxygen atoms in total. The van der Waals surface area contributed by atoms with Gasteiger partial charge in [-0.3, -0.25) is 4.79 Å². The largest absolute Gasteiger partial charge is 0.472 e. The molecule has 0 spiro atoms. The summed E-state index contributed by atoms with van der Waals surface area (Å²) in [4.78, 5) is 17.3. The highest BCUT2D eigenvalue weighted by atomic mass is 16.3. The number of ketones is 1. The first-order valence-electron chi connectivity index (χ1n) is 9.34. The number of hydrogen-bond acceptors (Lipinski definition) is 4. The van der Waals surface area contributed by atoms with Crippen LogP contribution in [0.25, 0.3) is 28.0 Å². The number of aromatic nitrogens is 3. The molecule has 0 amide bonds. The van der Waals surface area contributed by atoms with E-state index in [1.165, 1.54) is 0 Å². The zero-order valence-corrected chi connectivity index (χ0v) is 15.5. The van der Waals surface area contributed by atoms with Crippen LogP contribution in [0.4, 0.5) is 0 Å². The summed E-state index contributed by atoms with van der Waals surface area (Å²) < 4.78 is 6.91. The van der Waals surface area contributed by atoms with Crippen LogP contribution in [-0.2, 0) is 6.42 Å².